The molecule has 0 saturated heterocycles. The fourth-order valence-corrected chi connectivity index (χ4v) is 12.3. The van der Waals surface area contributed by atoms with Crippen LogP contribution in [0.15, 0.2) is 77.5 Å². The highest BCUT2D eigenvalue weighted by Crippen LogP contribution is 2.55. The molecule has 7 rings (SSSR count). The van der Waals surface area contributed by atoms with Crippen molar-refractivity contribution >= 4 is 57.4 Å². The van der Waals surface area contributed by atoms with Gasteiger partial charge < -0.3 is 23.8 Å². The smallest absolute Gasteiger partial charge is 0.310 e. The normalized spacial score (nSPS) is 15.7. The number of benzene rings is 2. The molecule has 66 heavy (non-hydrogen) atoms. The van der Waals surface area contributed by atoms with E-state index < -0.39 is 16.1 Å². The van der Waals surface area contributed by atoms with Crippen LogP contribution in [0.1, 0.15) is 147 Å². The molecule has 1 spiro atoms. The maximum atomic E-state index is 13.9. The summed E-state index contributed by atoms with van der Waals surface area (Å²) < 4.78 is 25.4. The first kappa shape index (κ1) is 49.3. The van der Waals surface area contributed by atoms with Gasteiger partial charge in [0.1, 0.15) is 23.9 Å². The number of thiophene rings is 3. The first-order valence-corrected chi connectivity index (χ1v) is 27.0. The van der Waals surface area contributed by atoms with Gasteiger partial charge in [0.05, 0.1) is 36.5 Å². The Kier molecular flexibility index (Phi) is 17.8. The molecule has 0 bridgehead atoms. The van der Waals surface area contributed by atoms with Gasteiger partial charge in [-0.2, -0.15) is 0 Å². The topological polar surface area (TPSA) is 100 Å². The highest BCUT2D eigenvalue weighted by atomic mass is 32.1. The number of anilines is 1. The third-order valence-electron chi connectivity index (χ3n) is 13.0. The van der Waals surface area contributed by atoms with Crippen LogP contribution in [0.3, 0.4) is 0 Å². The molecule has 2 aromatic carbocycles. The fourth-order valence-electron chi connectivity index (χ4n) is 9.23. The first-order chi connectivity index (χ1) is 32.1. The Morgan fingerprint density at radius 1 is 0.727 bits per heavy atom. The number of hydrogen-bond donors (Lipinski definition) is 0. The third-order valence-corrected chi connectivity index (χ3v) is 16.4. The number of non-ortho nitro benzene ring substituents is 1. The predicted octanol–water partition coefficient (Wildman–Crippen LogP) is 15.8. The molecule has 9 nitrogen and oxygen atoms in total. The Hall–Kier alpha value is -4.65. The number of hydrogen-bond acceptors (Lipinski definition) is 11. The van der Waals surface area contributed by atoms with Gasteiger partial charge in [0, 0.05) is 53.7 Å². The van der Waals surface area contributed by atoms with E-state index >= 15 is 0 Å². The average Bonchev–Trinajstić information content (AvgIpc) is 4.12. The zero-order valence-corrected chi connectivity index (χ0v) is 41.9. The number of rotatable bonds is 28. The zero-order valence-electron chi connectivity index (χ0n) is 39.4. The Morgan fingerprint density at radius 3 is 1.98 bits per heavy atom. The van der Waals surface area contributed by atoms with Gasteiger partial charge in [0.15, 0.2) is 0 Å². The van der Waals surface area contributed by atoms with Gasteiger partial charge in [-0.05, 0) is 80.3 Å². The number of unbranched alkanes of at least 4 members (excludes halogenated alkanes) is 14. The highest BCUT2D eigenvalue weighted by Gasteiger charge is 2.58. The zero-order chi connectivity index (χ0) is 46.4. The number of nitrogens with zero attached hydrogens (tertiary/aromatic N) is 2. The van der Waals surface area contributed by atoms with Gasteiger partial charge in [-0.15, -0.1) is 34.0 Å². The molecule has 3 aromatic heterocycles. The van der Waals surface area contributed by atoms with E-state index in [4.69, 9.17) is 18.9 Å². The summed E-state index contributed by atoms with van der Waals surface area (Å²) in [7, 11) is 0. The van der Waals surface area contributed by atoms with Crippen molar-refractivity contribution in [3.05, 3.63) is 104 Å². The second-order valence-electron chi connectivity index (χ2n) is 18.2. The molecule has 0 amide bonds. The summed E-state index contributed by atoms with van der Waals surface area (Å²) >= 11 is 5.02. The number of para-hydroxylation sites is 1. The van der Waals surface area contributed by atoms with Crippen molar-refractivity contribution in [1.82, 2.24) is 0 Å². The van der Waals surface area contributed by atoms with Crippen LogP contribution in [0.2, 0.25) is 0 Å². The molecule has 0 saturated carbocycles. The molecule has 12 heteroatoms. The number of carbonyl (C=O) groups is 1. The molecular weight excluding hydrogens is 885 g/mol. The van der Waals surface area contributed by atoms with Crippen LogP contribution in [0, 0.1) is 10.1 Å². The lowest BCUT2D eigenvalue weighted by Gasteiger charge is -2.47. The van der Waals surface area contributed by atoms with E-state index in [1.807, 2.05) is 24.3 Å². The van der Waals surface area contributed by atoms with Crippen molar-refractivity contribution in [2.24, 2.45) is 0 Å². The van der Waals surface area contributed by atoms with E-state index in [9.17, 15) is 14.9 Å². The largest absolute Gasteiger partial charge is 0.493 e. The summed E-state index contributed by atoms with van der Waals surface area (Å²) in [6.45, 7) is 10.7. The van der Waals surface area contributed by atoms with Gasteiger partial charge in [0.2, 0.25) is 5.72 Å². The van der Waals surface area contributed by atoms with Crippen molar-refractivity contribution in [2.75, 3.05) is 31.3 Å². The summed E-state index contributed by atoms with van der Waals surface area (Å²) in [5, 5.41) is 15.7. The second-order valence-corrected chi connectivity index (χ2v) is 21.1. The van der Waals surface area contributed by atoms with Gasteiger partial charge >= 0.3 is 5.97 Å². The van der Waals surface area contributed by atoms with E-state index in [-0.39, 0.29) is 24.7 Å². The van der Waals surface area contributed by atoms with Crippen molar-refractivity contribution in [3.8, 4) is 36.8 Å². The van der Waals surface area contributed by atoms with Crippen LogP contribution in [-0.2, 0) is 21.4 Å². The molecule has 5 heterocycles. The maximum absolute atomic E-state index is 13.9. The minimum atomic E-state index is -0.952. The van der Waals surface area contributed by atoms with Gasteiger partial charge in [-0.25, -0.2) is 0 Å². The van der Waals surface area contributed by atoms with E-state index in [2.05, 4.69) is 73.7 Å². The molecule has 2 aliphatic heterocycles. The SMILES string of the molecule is CCCCCCCCCCOc1csc(-c2cc(CC(=O)OCCN3c4ccccc4C(C)(C)C34C=Cc3cc([N+](=O)[O-])ccc3O4)c(-c3cc(OCCCCCCCCCC)cs3)s2)c1. The van der Waals surface area contributed by atoms with Crippen LogP contribution in [0.4, 0.5) is 11.4 Å². The van der Waals surface area contributed by atoms with Crippen molar-refractivity contribution in [2.45, 2.75) is 148 Å². The van der Waals surface area contributed by atoms with Crippen molar-refractivity contribution < 1.29 is 28.7 Å². The number of nitro groups is 1. The lowest BCUT2D eigenvalue weighted by molar-refractivity contribution is -0.384. The molecule has 354 valence electrons. The highest BCUT2D eigenvalue weighted by molar-refractivity contribution is 7.26. The summed E-state index contributed by atoms with van der Waals surface area (Å²) in [6.07, 6.45) is 24.2. The molecule has 0 radical (unpaired) electrons. The maximum Gasteiger partial charge on any atom is 0.310 e. The fraction of sp³-hybridized carbons (Fsp3) is 0.500. The summed E-state index contributed by atoms with van der Waals surface area (Å²) in [6, 6.07) is 19.3. The standard InChI is InChI=1S/C54H68N2O7S3/c1-5-7-9-11-13-15-17-21-30-60-43-36-48(64-38-43)49-34-41(52(66-49)50-37-44(39-65-50)61-31-22-18-16-14-12-10-8-6-2)35-51(57)62-32-29-55-46-24-20-19-23-45(46)53(3,4)54(55)28-27-40-33-42(56(58)59)25-26-47(40)63-54/h19-20,23-28,33-34,36-39H,5-18,21-22,29-32,35H2,1-4H3. The Bertz CT molecular complexity index is 2380. The van der Waals surface area contributed by atoms with Crippen LogP contribution in [0.5, 0.6) is 17.2 Å². The summed E-state index contributed by atoms with van der Waals surface area (Å²) in [5.41, 5.74) is 2.23. The molecule has 0 N–H and O–H groups in total. The van der Waals surface area contributed by atoms with Crippen molar-refractivity contribution in [3.63, 3.8) is 0 Å². The van der Waals surface area contributed by atoms with Gasteiger partial charge in [-0.1, -0.05) is 122 Å². The average molecular weight is 953 g/mol. The minimum absolute atomic E-state index is 0.0111. The number of ether oxygens (including phenoxy) is 4. The molecule has 5 aromatic rings. The number of esters is 1. The molecule has 2 aliphatic rings. The summed E-state index contributed by atoms with van der Waals surface area (Å²) in [4.78, 5) is 31.6. The molecule has 1 atom stereocenters. The molecule has 0 fully saturated rings. The lowest BCUT2D eigenvalue weighted by atomic mass is 9.76. The molecular formula is C54H68N2O7S3. The first-order valence-electron chi connectivity index (χ1n) is 24.4. The Balaban J connectivity index is 1.02. The van der Waals surface area contributed by atoms with Crippen LogP contribution in [0.25, 0.3) is 25.6 Å². The van der Waals surface area contributed by atoms with E-state index in [0.29, 0.717) is 24.5 Å². The monoisotopic (exact) mass is 952 g/mol. The van der Waals surface area contributed by atoms with Crippen LogP contribution >= 0.6 is 34.0 Å². The third kappa shape index (κ3) is 12.1. The molecule has 0 aliphatic carbocycles. The number of fused-ring (bicyclic) bond motifs is 2. The summed E-state index contributed by atoms with van der Waals surface area (Å²) in [5.74, 6) is 2.03. The number of nitro benzene ring substituents is 1. The van der Waals surface area contributed by atoms with E-state index in [1.165, 1.54) is 102 Å². The van der Waals surface area contributed by atoms with Gasteiger partial charge in [-0.3, -0.25) is 14.9 Å². The van der Waals surface area contributed by atoms with E-state index in [0.717, 1.165) is 67.3 Å². The van der Waals surface area contributed by atoms with Gasteiger partial charge in [0.25, 0.3) is 5.69 Å². The lowest BCUT2D eigenvalue weighted by Crippen LogP contribution is -2.60. The predicted molar refractivity (Wildman–Crippen MR) is 274 cm³/mol. The number of carbonyl (C=O) groups excluding carboxylic acids is 1. The Labute approximate surface area is 404 Å². The van der Waals surface area contributed by atoms with Crippen LogP contribution < -0.4 is 19.1 Å². The van der Waals surface area contributed by atoms with E-state index in [1.54, 1.807) is 40.1 Å². The Morgan fingerprint density at radius 2 is 1.33 bits per heavy atom. The molecule has 1 unspecified atom stereocenters. The quantitative estimate of drug-likeness (QED) is 0.0211. The second kappa shape index (κ2) is 23.9. The minimum Gasteiger partial charge on any atom is -0.493 e. The van der Waals surface area contributed by atoms with Crippen LogP contribution in [-0.4, -0.2) is 43.0 Å². The van der Waals surface area contributed by atoms with Crippen molar-refractivity contribution in [1.29, 1.82) is 0 Å².